The van der Waals surface area contributed by atoms with Gasteiger partial charge in [-0.25, -0.2) is 4.98 Å². The number of fused-ring (bicyclic) bond motifs is 3. The fourth-order valence-corrected chi connectivity index (χ4v) is 7.17. The maximum atomic E-state index is 5.19. The lowest BCUT2D eigenvalue weighted by Gasteiger charge is -2.32. The lowest BCUT2D eigenvalue weighted by atomic mass is 9.71. The summed E-state index contributed by atoms with van der Waals surface area (Å²) >= 11 is 0. The van der Waals surface area contributed by atoms with Crippen molar-refractivity contribution in [1.29, 1.82) is 0 Å². The molecule has 2 heteroatoms. The van der Waals surface area contributed by atoms with Crippen LogP contribution in [0.4, 0.5) is 0 Å². The van der Waals surface area contributed by atoms with E-state index < -0.39 is 0 Å². The van der Waals surface area contributed by atoms with Gasteiger partial charge in [0.25, 0.3) is 0 Å². The first-order valence-corrected chi connectivity index (χ1v) is 15.7. The predicted molar refractivity (Wildman–Crippen MR) is 183 cm³/mol. The summed E-state index contributed by atoms with van der Waals surface area (Å²) in [5.74, 6) is 1.32. The van der Waals surface area contributed by atoms with Crippen LogP contribution in [0.3, 0.4) is 0 Å². The van der Waals surface area contributed by atoms with E-state index in [1.807, 2.05) is 0 Å². The van der Waals surface area contributed by atoms with Gasteiger partial charge in [0.2, 0.25) is 0 Å². The lowest BCUT2D eigenvalue weighted by Crippen LogP contribution is -2.37. The quantitative estimate of drug-likeness (QED) is 0.198. The van der Waals surface area contributed by atoms with E-state index in [1.165, 1.54) is 54.9 Å². The Balaban J connectivity index is 1.31. The summed E-state index contributed by atoms with van der Waals surface area (Å²) < 4.78 is 2.37. The second-order valence-corrected chi connectivity index (χ2v) is 11.8. The zero-order chi connectivity index (χ0) is 29.5. The molecule has 8 rings (SSSR count). The van der Waals surface area contributed by atoms with Gasteiger partial charge in [0.05, 0.1) is 11.0 Å². The molecular formula is C42H34N2. The highest BCUT2D eigenvalue weighted by Gasteiger charge is 2.30. The average molecular weight is 567 g/mol. The molecule has 44 heavy (non-hydrogen) atoms. The molecule has 0 bridgehead atoms. The molecule has 1 aromatic heterocycles. The van der Waals surface area contributed by atoms with E-state index >= 15 is 0 Å². The van der Waals surface area contributed by atoms with Crippen LogP contribution in [0.25, 0.3) is 39.1 Å². The second kappa shape index (κ2) is 11.1. The number of nitrogens with zero attached hydrogens (tertiary/aromatic N) is 2. The molecule has 0 N–H and O–H groups in total. The van der Waals surface area contributed by atoms with Crippen molar-refractivity contribution < 1.29 is 0 Å². The number of rotatable bonds is 6. The molecule has 6 aromatic rings. The number of allylic oxidation sites excluding steroid dienone is 4. The van der Waals surface area contributed by atoms with E-state index in [9.17, 15) is 0 Å². The Morgan fingerprint density at radius 2 is 1.30 bits per heavy atom. The summed E-state index contributed by atoms with van der Waals surface area (Å²) in [7, 11) is 0. The van der Waals surface area contributed by atoms with Gasteiger partial charge in [0.15, 0.2) is 0 Å². The molecule has 0 aliphatic heterocycles. The van der Waals surface area contributed by atoms with Crippen molar-refractivity contribution in [3.05, 3.63) is 178 Å². The maximum absolute atomic E-state index is 5.19. The van der Waals surface area contributed by atoms with Crippen LogP contribution in [0.1, 0.15) is 36.5 Å². The summed E-state index contributed by atoms with van der Waals surface area (Å²) in [5.41, 5.74) is 12.6. The summed E-state index contributed by atoms with van der Waals surface area (Å²) in [5, 5.41) is 2.65. The molecule has 5 aromatic carbocycles. The van der Waals surface area contributed by atoms with Gasteiger partial charge in [0, 0.05) is 18.0 Å². The fraction of sp³-hybridized carbons (Fsp3) is 0.119. The van der Waals surface area contributed by atoms with E-state index in [0.29, 0.717) is 0 Å². The van der Waals surface area contributed by atoms with E-state index in [1.54, 1.807) is 0 Å². The summed E-state index contributed by atoms with van der Waals surface area (Å²) in [6.45, 7) is 3.18. The van der Waals surface area contributed by atoms with E-state index in [-0.39, 0.29) is 5.92 Å². The third-order valence-electron chi connectivity index (χ3n) is 9.09. The molecule has 2 nitrogen and oxygen atoms in total. The smallest absolute Gasteiger partial charge is 0.141 e. The average Bonchev–Trinajstić information content (AvgIpc) is 3.45. The van der Waals surface area contributed by atoms with Crippen LogP contribution >= 0.6 is 0 Å². The van der Waals surface area contributed by atoms with Crippen molar-refractivity contribution >= 4 is 27.8 Å². The third kappa shape index (κ3) is 4.46. The number of aryl methyl sites for hydroxylation is 1. The molecule has 1 heterocycles. The van der Waals surface area contributed by atoms with Gasteiger partial charge >= 0.3 is 0 Å². The highest BCUT2D eigenvalue weighted by molar-refractivity contribution is 5.94. The second-order valence-electron chi connectivity index (χ2n) is 11.8. The molecule has 0 saturated heterocycles. The minimum Gasteiger partial charge on any atom is -0.324 e. The van der Waals surface area contributed by atoms with Crippen LogP contribution < -0.4 is 10.4 Å². The number of hydrogen-bond acceptors (Lipinski definition) is 1. The number of hydrogen-bond donors (Lipinski definition) is 0. The Labute approximate surface area is 258 Å². The minimum absolute atomic E-state index is 0.281. The fourth-order valence-electron chi connectivity index (χ4n) is 7.17. The van der Waals surface area contributed by atoms with Crippen molar-refractivity contribution in [2.24, 2.45) is 5.92 Å². The number of benzene rings is 5. The number of imidazole rings is 1. The molecule has 0 spiro atoms. The van der Waals surface area contributed by atoms with Gasteiger partial charge in [-0.3, -0.25) is 0 Å². The third-order valence-corrected chi connectivity index (χ3v) is 9.09. The van der Waals surface area contributed by atoms with Gasteiger partial charge in [-0.2, -0.15) is 0 Å². The molecule has 0 radical (unpaired) electrons. The van der Waals surface area contributed by atoms with Crippen LogP contribution in [0.2, 0.25) is 0 Å². The zero-order valence-corrected chi connectivity index (χ0v) is 24.9. The van der Waals surface area contributed by atoms with E-state index in [0.717, 1.165) is 36.3 Å². The van der Waals surface area contributed by atoms with Crippen molar-refractivity contribution in [2.75, 3.05) is 0 Å². The Hall–Kier alpha value is -5.21. The van der Waals surface area contributed by atoms with Crippen molar-refractivity contribution in [2.45, 2.75) is 26.3 Å². The first-order valence-electron chi connectivity index (χ1n) is 15.7. The van der Waals surface area contributed by atoms with Gasteiger partial charge in [-0.05, 0) is 74.4 Å². The highest BCUT2D eigenvalue weighted by Crippen LogP contribution is 2.43. The summed E-state index contributed by atoms with van der Waals surface area (Å²) in [6.07, 6.45) is 6.91. The van der Waals surface area contributed by atoms with Crippen LogP contribution in [-0.2, 0) is 6.54 Å². The SMILES string of the molecule is CCCn1c(-c2ccccc2)nc2cc(C3=CCC4C(=C3)C(c3ccccc3)=c3ccccc3=C4c3ccccc3)ccc21. The van der Waals surface area contributed by atoms with Crippen LogP contribution in [0, 0.1) is 5.92 Å². The van der Waals surface area contributed by atoms with E-state index in [4.69, 9.17) is 4.98 Å². The Kier molecular flexibility index (Phi) is 6.68. The van der Waals surface area contributed by atoms with Gasteiger partial charge in [-0.15, -0.1) is 0 Å². The van der Waals surface area contributed by atoms with Gasteiger partial charge < -0.3 is 4.57 Å². The molecule has 212 valence electrons. The Morgan fingerprint density at radius 1 is 0.659 bits per heavy atom. The largest absolute Gasteiger partial charge is 0.324 e. The first kappa shape index (κ1) is 26.4. The summed E-state index contributed by atoms with van der Waals surface area (Å²) in [4.78, 5) is 5.19. The topological polar surface area (TPSA) is 17.8 Å². The van der Waals surface area contributed by atoms with E-state index in [2.05, 4.69) is 157 Å². The molecule has 1 atom stereocenters. The van der Waals surface area contributed by atoms with Gasteiger partial charge in [-0.1, -0.05) is 140 Å². The molecule has 2 aliphatic rings. The predicted octanol–water partition coefficient (Wildman–Crippen LogP) is 8.55. The molecule has 0 amide bonds. The lowest BCUT2D eigenvalue weighted by molar-refractivity contribution is 0.704. The Morgan fingerprint density at radius 3 is 2.00 bits per heavy atom. The zero-order valence-electron chi connectivity index (χ0n) is 24.9. The monoisotopic (exact) mass is 566 g/mol. The number of aromatic nitrogens is 2. The van der Waals surface area contributed by atoms with Crippen LogP contribution in [0.5, 0.6) is 0 Å². The normalized spacial score (nSPS) is 15.9. The van der Waals surface area contributed by atoms with Crippen LogP contribution in [-0.4, -0.2) is 9.55 Å². The minimum atomic E-state index is 0.281. The molecule has 2 aliphatic carbocycles. The summed E-state index contributed by atoms with van der Waals surface area (Å²) in [6, 6.07) is 48.3. The highest BCUT2D eigenvalue weighted by atomic mass is 15.1. The van der Waals surface area contributed by atoms with Crippen molar-refractivity contribution in [3.63, 3.8) is 0 Å². The first-order chi connectivity index (χ1) is 21.8. The van der Waals surface area contributed by atoms with Crippen molar-refractivity contribution in [1.82, 2.24) is 9.55 Å². The maximum Gasteiger partial charge on any atom is 0.141 e. The Bertz CT molecular complexity index is 2180. The molecule has 0 fully saturated rings. The molecule has 1 unspecified atom stereocenters. The van der Waals surface area contributed by atoms with Crippen LogP contribution in [0.15, 0.2) is 151 Å². The van der Waals surface area contributed by atoms with Gasteiger partial charge in [0.1, 0.15) is 5.82 Å². The molecule has 0 saturated carbocycles. The van der Waals surface area contributed by atoms with Crippen molar-refractivity contribution in [3.8, 4) is 11.4 Å². The molecular weight excluding hydrogens is 532 g/mol. The standard InChI is InChI=1S/C42H34N2/c1-2-26-44-39-25-23-33(28-38(39)43-42(44)31-18-10-5-11-19-31)32-22-24-36-37(27-32)41(30-16-8-4-9-17-30)35-21-13-12-20-34(35)40(36)29-14-6-3-7-15-29/h3-23,25,27-28,36H,2,24,26H2,1H3.